The Balaban J connectivity index is 3.41. The van der Waals surface area contributed by atoms with Crippen LogP contribution in [0.5, 0.6) is 0 Å². The molecule has 0 aromatic heterocycles. The zero-order chi connectivity index (χ0) is 59.8. The molecular weight excluding hydrogens is 1010 g/mol. The summed E-state index contributed by atoms with van der Waals surface area (Å²) >= 11 is 0. The van der Waals surface area contributed by atoms with Crippen molar-refractivity contribution in [1.29, 1.82) is 0 Å². The summed E-state index contributed by atoms with van der Waals surface area (Å²) in [6.45, 7) is 4.34. The minimum atomic E-state index is -0.863. The topological polar surface area (TPSA) is 69.6 Å². The summed E-state index contributed by atoms with van der Waals surface area (Å²) in [4.78, 5) is 12.6. The number of hydrogen-bond donors (Lipinski definition) is 3. The number of unbranched alkanes of at least 4 members (excludes halogenated alkanes) is 59. The molecule has 0 rings (SSSR count). The van der Waals surface area contributed by atoms with Crippen LogP contribution in [0.1, 0.15) is 431 Å². The highest BCUT2D eigenvalue weighted by Gasteiger charge is 2.18. The predicted octanol–water partition coefficient (Wildman–Crippen LogP) is 26.4. The summed E-state index contributed by atoms with van der Waals surface area (Å²) in [6, 6.07) is -0.640. The maximum absolute atomic E-state index is 12.6. The number of aliphatic hydroxyl groups is 2. The molecule has 0 spiro atoms. The normalized spacial score (nSPS) is 12.9. The van der Waals surface area contributed by atoms with E-state index >= 15 is 0 Å². The Kier molecular flexibility index (Phi) is 73.1. The molecule has 1 amide bonds. The summed E-state index contributed by atoms with van der Waals surface area (Å²) in [7, 11) is 0. The Morgan fingerprint density at radius 2 is 0.506 bits per heavy atom. The molecule has 0 saturated heterocycles. The van der Waals surface area contributed by atoms with Gasteiger partial charge in [0.15, 0.2) is 0 Å². The van der Waals surface area contributed by atoms with E-state index in [4.69, 9.17) is 0 Å². The molecule has 0 aromatic carbocycles. The molecule has 0 radical (unpaired) electrons. The molecule has 490 valence electrons. The van der Waals surface area contributed by atoms with Gasteiger partial charge in [-0.2, -0.15) is 0 Å². The molecule has 4 heteroatoms. The number of aliphatic hydroxyl groups excluding tert-OH is 2. The van der Waals surface area contributed by atoms with Crippen LogP contribution in [0.15, 0.2) is 48.6 Å². The maximum atomic E-state index is 12.6. The van der Waals surface area contributed by atoms with Gasteiger partial charge < -0.3 is 15.5 Å². The fraction of sp³-hybridized carbons (Fsp3) is 0.886. The largest absolute Gasteiger partial charge is 0.394 e. The minimum absolute atomic E-state index is 0.0647. The van der Waals surface area contributed by atoms with Gasteiger partial charge in [0.05, 0.1) is 18.8 Å². The van der Waals surface area contributed by atoms with Gasteiger partial charge in [-0.3, -0.25) is 4.79 Å². The van der Waals surface area contributed by atoms with Gasteiger partial charge in [0.1, 0.15) is 0 Å². The molecular formula is C79H151NO3. The molecule has 0 saturated carbocycles. The van der Waals surface area contributed by atoms with Crippen molar-refractivity contribution >= 4 is 5.91 Å². The Morgan fingerprint density at radius 1 is 0.289 bits per heavy atom. The fourth-order valence-electron chi connectivity index (χ4n) is 12.2. The van der Waals surface area contributed by atoms with Gasteiger partial charge >= 0.3 is 0 Å². The molecule has 2 atom stereocenters. The first-order chi connectivity index (χ1) is 41.2. The van der Waals surface area contributed by atoms with Crippen LogP contribution in [0, 0.1) is 0 Å². The number of carbonyl (C=O) groups is 1. The lowest BCUT2D eigenvalue weighted by Gasteiger charge is -2.19. The number of amides is 1. The van der Waals surface area contributed by atoms with Gasteiger partial charge in [-0.05, 0) is 64.2 Å². The summed E-state index contributed by atoms with van der Waals surface area (Å²) in [5.41, 5.74) is 0. The van der Waals surface area contributed by atoms with Crippen molar-refractivity contribution in [3.63, 3.8) is 0 Å². The lowest BCUT2D eigenvalue weighted by molar-refractivity contribution is -0.123. The molecule has 0 heterocycles. The molecule has 0 bridgehead atoms. The third-order valence-corrected chi connectivity index (χ3v) is 18.0. The van der Waals surface area contributed by atoms with Crippen LogP contribution in [0.25, 0.3) is 0 Å². The van der Waals surface area contributed by atoms with Crippen LogP contribution in [-0.2, 0) is 4.79 Å². The Hall–Kier alpha value is -1.65. The van der Waals surface area contributed by atoms with Gasteiger partial charge in [-0.25, -0.2) is 0 Å². The number of nitrogens with one attached hydrogen (secondary N) is 1. The van der Waals surface area contributed by atoms with E-state index in [1.807, 2.05) is 6.08 Å². The van der Waals surface area contributed by atoms with Crippen LogP contribution in [0.2, 0.25) is 0 Å². The third-order valence-electron chi connectivity index (χ3n) is 18.0. The molecule has 2 unspecified atom stereocenters. The molecule has 3 N–H and O–H groups in total. The average molecular weight is 1160 g/mol. The first kappa shape index (κ1) is 81.3. The second kappa shape index (κ2) is 74.6. The van der Waals surface area contributed by atoms with E-state index in [1.165, 1.54) is 372 Å². The molecule has 0 fully saturated rings. The highest BCUT2D eigenvalue weighted by Crippen LogP contribution is 2.20. The van der Waals surface area contributed by atoms with Crippen molar-refractivity contribution in [3.05, 3.63) is 48.6 Å². The van der Waals surface area contributed by atoms with Crippen molar-refractivity contribution in [2.75, 3.05) is 6.61 Å². The van der Waals surface area contributed by atoms with E-state index < -0.39 is 12.1 Å². The van der Waals surface area contributed by atoms with Crippen molar-refractivity contribution in [1.82, 2.24) is 5.32 Å². The molecule has 0 aliphatic rings. The van der Waals surface area contributed by atoms with Gasteiger partial charge in [0.2, 0.25) is 5.91 Å². The number of rotatable bonds is 72. The van der Waals surface area contributed by atoms with Gasteiger partial charge in [0, 0.05) is 6.42 Å². The van der Waals surface area contributed by atoms with Gasteiger partial charge in [-0.15, -0.1) is 0 Å². The van der Waals surface area contributed by atoms with Crippen LogP contribution in [-0.4, -0.2) is 34.9 Å². The summed E-state index contributed by atoms with van der Waals surface area (Å²) in [5, 5.41) is 23.3. The lowest BCUT2D eigenvalue weighted by Crippen LogP contribution is -2.45. The van der Waals surface area contributed by atoms with Gasteiger partial charge in [0.25, 0.3) is 0 Å². The average Bonchev–Trinajstić information content (AvgIpc) is 3.51. The third kappa shape index (κ3) is 71.0. The molecule has 0 aliphatic carbocycles. The van der Waals surface area contributed by atoms with Crippen LogP contribution < -0.4 is 5.32 Å². The van der Waals surface area contributed by atoms with Crippen LogP contribution >= 0.6 is 0 Å². The number of carbonyl (C=O) groups excluding carboxylic acids is 1. The van der Waals surface area contributed by atoms with Crippen LogP contribution in [0.3, 0.4) is 0 Å². The highest BCUT2D eigenvalue weighted by atomic mass is 16.3. The maximum Gasteiger partial charge on any atom is 0.220 e. The zero-order valence-electron chi connectivity index (χ0n) is 56.7. The number of allylic oxidation sites excluding steroid dienone is 7. The molecule has 4 nitrogen and oxygen atoms in total. The Morgan fingerprint density at radius 3 is 0.771 bits per heavy atom. The molecule has 83 heavy (non-hydrogen) atoms. The summed E-state index contributed by atoms with van der Waals surface area (Å²) in [5.74, 6) is -0.0647. The van der Waals surface area contributed by atoms with E-state index in [-0.39, 0.29) is 12.5 Å². The van der Waals surface area contributed by atoms with Crippen molar-refractivity contribution in [2.24, 2.45) is 0 Å². The monoisotopic (exact) mass is 1160 g/mol. The van der Waals surface area contributed by atoms with Crippen LogP contribution in [0.4, 0.5) is 0 Å². The van der Waals surface area contributed by atoms with E-state index in [1.54, 1.807) is 6.08 Å². The smallest absolute Gasteiger partial charge is 0.220 e. The van der Waals surface area contributed by atoms with E-state index in [2.05, 4.69) is 55.6 Å². The number of hydrogen-bond acceptors (Lipinski definition) is 3. The summed E-state index contributed by atoms with van der Waals surface area (Å²) in [6.07, 6.45) is 105. The first-order valence-corrected chi connectivity index (χ1v) is 38.4. The first-order valence-electron chi connectivity index (χ1n) is 38.4. The SMILES string of the molecule is CCCCCCC/C=C\C/C=C\CCCCCCCCCCCCCCCCCCCCCCCCCCCCCCCC(=O)NC(CO)C(O)/C=C/CC/C=C/CCCCCCCCCCCCCCCCCCCCCCCCCC. The Bertz CT molecular complexity index is 1320. The molecule has 0 aliphatic heterocycles. The standard InChI is InChI=1S/C79H151NO3/c1-3-5-7-9-11-13-15-17-19-21-23-25-27-29-31-33-35-36-37-38-39-40-41-42-43-44-45-47-49-51-53-55-57-59-61-63-65-67-69-71-73-75-79(83)80-77(76-81)78(82)74-72-70-68-66-64-62-60-58-56-54-52-50-48-46-34-32-30-28-26-24-22-20-18-16-14-12-10-8-6-4-2/h15,17,21,23,64,66,72,74,77-78,81-82H,3-14,16,18-20,22,24-63,65,67-71,73,75-76H2,1-2H3,(H,80,83)/b17-15-,23-21-,66-64+,74-72+. The second-order valence-corrected chi connectivity index (χ2v) is 26.4. The summed E-state index contributed by atoms with van der Waals surface area (Å²) < 4.78 is 0. The lowest BCUT2D eigenvalue weighted by atomic mass is 10.0. The fourth-order valence-corrected chi connectivity index (χ4v) is 12.2. The quantitative estimate of drug-likeness (QED) is 0.0420. The van der Waals surface area contributed by atoms with E-state index in [0.717, 1.165) is 38.5 Å². The highest BCUT2D eigenvalue weighted by molar-refractivity contribution is 5.76. The van der Waals surface area contributed by atoms with Crippen molar-refractivity contribution < 1.29 is 15.0 Å². The Labute approximate surface area is 522 Å². The second-order valence-electron chi connectivity index (χ2n) is 26.4. The van der Waals surface area contributed by atoms with Gasteiger partial charge in [-0.1, -0.05) is 409 Å². The van der Waals surface area contributed by atoms with E-state index in [0.29, 0.717) is 6.42 Å². The minimum Gasteiger partial charge on any atom is -0.394 e. The van der Waals surface area contributed by atoms with E-state index in [9.17, 15) is 15.0 Å². The van der Waals surface area contributed by atoms with Crippen molar-refractivity contribution in [2.45, 2.75) is 443 Å². The predicted molar refractivity (Wildman–Crippen MR) is 373 cm³/mol. The molecule has 0 aromatic rings. The van der Waals surface area contributed by atoms with Crippen molar-refractivity contribution in [3.8, 4) is 0 Å². The zero-order valence-corrected chi connectivity index (χ0v) is 56.7.